The molecule has 0 heterocycles. The van der Waals surface area contributed by atoms with Gasteiger partial charge < -0.3 is 10.4 Å². The van der Waals surface area contributed by atoms with Crippen LogP contribution >= 0.6 is 0 Å². The summed E-state index contributed by atoms with van der Waals surface area (Å²) >= 11 is 0. The van der Waals surface area contributed by atoms with Gasteiger partial charge in [0, 0.05) is 41.5 Å². The predicted molar refractivity (Wildman–Crippen MR) is 75.3 cm³/mol. The van der Waals surface area contributed by atoms with E-state index in [1.54, 1.807) is 6.26 Å². The van der Waals surface area contributed by atoms with Gasteiger partial charge in [-0.25, -0.2) is 4.79 Å². The molecular formula is C12H16N2O5S. The van der Waals surface area contributed by atoms with E-state index in [1.165, 1.54) is 12.1 Å². The van der Waals surface area contributed by atoms with E-state index in [0.29, 0.717) is 11.3 Å². The van der Waals surface area contributed by atoms with Crippen LogP contribution in [0.1, 0.15) is 22.8 Å². The molecule has 7 nitrogen and oxygen atoms in total. The fraction of sp³-hybridized carbons (Fsp3) is 0.417. The highest BCUT2D eigenvalue weighted by molar-refractivity contribution is 7.84. The number of nitrogens with one attached hydrogen (secondary N) is 1. The van der Waals surface area contributed by atoms with E-state index in [4.69, 9.17) is 5.11 Å². The lowest BCUT2D eigenvalue weighted by atomic mass is 10.1. The average Bonchev–Trinajstić information content (AvgIpc) is 2.34. The molecule has 0 amide bonds. The van der Waals surface area contributed by atoms with Crippen molar-refractivity contribution in [1.82, 2.24) is 5.32 Å². The van der Waals surface area contributed by atoms with Crippen molar-refractivity contribution >= 4 is 22.5 Å². The fourth-order valence-corrected chi connectivity index (χ4v) is 2.65. The Morgan fingerprint density at radius 3 is 2.70 bits per heavy atom. The molecule has 2 N–H and O–H groups in total. The van der Waals surface area contributed by atoms with Crippen molar-refractivity contribution in [2.45, 2.75) is 19.5 Å². The van der Waals surface area contributed by atoms with Gasteiger partial charge in [0.05, 0.1) is 4.92 Å². The number of nitrogens with zero attached hydrogens (tertiary/aromatic N) is 1. The maximum absolute atomic E-state index is 11.2. The Morgan fingerprint density at radius 1 is 1.55 bits per heavy atom. The van der Waals surface area contributed by atoms with Crippen LogP contribution in [0.5, 0.6) is 0 Å². The number of carbonyl (C=O) groups is 1. The molecular weight excluding hydrogens is 284 g/mol. The summed E-state index contributed by atoms with van der Waals surface area (Å²) in [5.74, 6) is -0.905. The molecule has 110 valence electrons. The summed E-state index contributed by atoms with van der Waals surface area (Å²) < 4.78 is 11.1. The SMILES string of the molecule is CC(CS(C)=O)NCc1cccc([N+](=O)[O-])c1C(=O)O. The van der Waals surface area contributed by atoms with Crippen molar-refractivity contribution < 1.29 is 19.0 Å². The number of rotatable bonds is 7. The Bertz CT molecular complexity index is 547. The van der Waals surface area contributed by atoms with Gasteiger partial charge in [0.1, 0.15) is 5.56 Å². The Labute approximate surface area is 118 Å². The second-order valence-electron chi connectivity index (χ2n) is 4.40. The quantitative estimate of drug-likeness (QED) is 0.577. The number of benzene rings is 1. The van der Waals surface area contributed by atoms with Crippen LogP contribution in [0.25, 0.3) is 0 Å². The lowest BCUT2D eigenvalue weighted by Gasteiger charge is -2.13. The third-order valence-electron chi connectivity index (χ3n) is 2.67. The van der Waals surface area contributed by atoms with E-state index in [-0.39, 0.29) is 18.2 Å². The van der Waals surface area contributed by atoms with Crippen LogP contribution in [-0.4, -0.2) is 38.3 Å². The summed E-state index contributed by atoms with van der Waals surface area (Å²) in [5, 5.41) is 23.0. The molecule has 0 fully saturated rings. The highest BCUT2D eigenvalue weighted by atomic mass is 32.2. The highest BCUT2D eigenvalue weighted by Gasteiger charge is 2.23. The van der Waals surface area contributed by atoms with Crippen molar-refractivity contribution in [2.75, 3.05) is 12.0 Å². The molecule has 0 spiro atoms. The van der Waals surface area contributed by atoms with Gasteiger partial charge >= 0.3 is 5.97 Å². The van der Waals surface area contributed by atoms with E-state index in [0.717, 1.165) is 6.07 Å². The summed E-state index contributed by atoms with van der Waals surface area (Å²) in [6, 6.07) is 4.06. The molecule has 0 bridgehead atoms. The van der Waals surface area contributed by atoms with Gasteiger partial charge in [0.25, 0.3) is 5.69 Å². The highest BCUT2D eigenvalue weighted by Crippen LogP contribution is 2.22. The van der Waals surface area contributed by atoms with Crippen LogP contribution < -0.4 is 5.32 Å². The van der Waals surface area contributed by atoms with E-state index in [2.05, 4.69) is 5.32 Å². The number of aromatic carboxylic acids is 1. The van der Waals surface area contributed by atoms with Crippen LogP contribution in [0.3, 0.4) is 0 Å². The summed E-state index contributed by atoms with van der Waals surface area (Å²) in [7, 11) is -0.966. The normalized spacial score (nSPS) is 13.7. The molecule has 20 heavy (non-hydrogen) atoms. The minimum atomic E-state index is -1.33. The Hall–Kier alpha value is -1.80. The van der Waals surface area contributed by atoms with Crippen LogP contribution in [0, 0.1) is 10.1 Å². The van der Waals surface area contributed by atoms with Crippen molar-refractivity contribution in [1.29, 1.82) is 0 Å². The van der Waals surface area contributed by atoms with Crippen LogP contribution in [0.4, 0.5) is 5.69 Å². The Morgan fingerprint density at radius 2 is 2.20 bits per heavy atom. The summed E-state index contributed by atoms with van der Waals surface area (Å²) in [6.45, 7) is 1.99. The number of nitro groups is 1. The molecule has 0 aliphatic heterocycles. The monoisotopic (exact) mass is 300 g/mol. The van der Waals surface area contributed by atoms with Gasteiger partial charge in [-0.2, -0.15) is 0 Å². The lowest BCUT2D eigenvalue weighted by molar-refractivity contribution is -0.385. The second kappa shape index (κ2) is 7.11. The first-order valence-corrected chi connectivity index (χ1v) is 7.58. The molecule has 8 heteroatoms. The molecule has 1 rings (SSSR count). The molecule has 2 unspecified atom stereocenters. The molecule has 0 radical (unpaired) electrons. The standard InChI is InChI=1S/C12H16N2O5S/c1-8(7-20(2)19)13-6-9-4-3-5-10(14(17)18)11(9)12(15)16/h3-5,8,13H,6-7H2,1-2H3,(H,15,16). The first-order valence-electron chi connectivity index (χ1n) is 5.86. The molecule has 1 aromatic carbocycles. The van der Waals surface area contributed by atoms with Gasteiger partial charge in [0.2, 0.25) is 0 Å². The van der Waals surface area contributed by atoms with Crippen LogP contribution in [0.15, 0.2) is 18.2 Å². The van der Waals surface area contributed by atoms with E-state index in [1.807, 2.05) is 6.92 Å². The van der Waals surface area contributed by atoms with Gasteiger partial charge in [0.15, 0.2) is 0 Å². The zero-order valence-electron chi connectivity index (χ0n) is 11.2. The number of nitro benzene ring substituents is 1. The second-order valence-corrected chi connectivity index (χ2v) is 5.88. The summed E-state index contributed by atoms with van der Waals surface area (Å²) in [6.07, 6.45) is 1.58. The third kappa shape index (κ3) is 4.39. The topological polar surface area (TPSA) is 110 Å². The minimum absolute atomic E-state index is 0.0817. The van der Waals surface area contributed by atoms with Gasteiger partial charge in [-0.05, 0) is 12.5 Å². The number of carboxylic acid groups (broad SMARTS) is 1. The zero-order chi connectivity index (χ0) is 15.3. The summed E-state index contributed by atoms with van der Waals surface area (Å²) in [5.41, 5.74) is -0.404. The maximum Gasteiger partial charge on any atom is 0.343 e. The van der Waals surface area contributed by atoms with Crippen molar-refractivity contribution in [3.8, 4) is 0 Å². The van der Waals surface area contributed by atoms with Crippen LogP contribution in [0.2, 0.25) is 0 Å². The number of hydrogen-bond donors (Lipinski definition) is 2. The van der Waals surface area contributed by atoms with Crippen LogP contribution in [-0.2, 0) is 17.3 Å². The van der Waals surface area contributed by atoms with E-state index in [9.17, 15) is 19.1 Å². The smallest absolute Gasteiger partial charge is 0.343 e. The zero-order valence-corrected chi connectivity index (χ0v) is 12.0. The van der Waals surface area contributed by atoms with Crippen molar-refractivity contribution in [3.63, 3.8) is 0 Å². The largest absolute Gasteiger partial charge is 0.477 e. The van der Waals surface area contributed by atoms with Gasteiger partial charge in [-0.3, -0.25) is 14.3 Å². The number of hydrogen-bond acceptors (Lipinski definition) is 5. The predicted octanol–water partition coefficient (Wildman–Crippen LogP) is 1.15. The number of carboxylic acids is 1. The Balaban J connectivity index is 2.95. The lowest BCUT2D eigenvalue weighted by Crippen LogP contribution is -2.31. The van der Waals surface area contributed by atoms with E-state index < -0.39 is 27.4 Å². The molecule has 0 aliphatic rings. The van der Waals surface area contributed by atoms with Gasteiger partial charge in [-0.1, -0.05) is 12.1 Å². The summed E-state index contributed by atoms with van der Waals surface area (Å²) in [4.78, 5) is 21.3. The molecule has 0 saturated carbocycles. The fourth-order valence-electron chi connectivity index (χ4n) is 1.83. The molecule has 2 atom stereocenters. The molecule has 1 aromatic rings. The molecule has 0 aliphatic carbocycles. The first kappa shape index (κ1) is 16.3. The Kier molecular flexibility index (Phi) is 5.78. The minimum Gasteiger partial charge on any atom is -0.477 e. The third-order valence-corrected chi connectivity index (χ3v) is 3.63. The van der Waals surface area contributed by atoms with Crippen molar-refractivity contribution in [2.24, 2.45) is 0 Å². The molecule has 0 saturated heterocycles. The van der Waals surface area contributed by atoms with E-state index >= 15 is 0 Å². The van der Waals surface area contributed by atoms with Gasteiger partial charge in [-0.15, -0.1) is 0 Å². The average molecular weight is 300 g/mol. The van der Waals surface area contributed by atoms with Crippen molar-refractivity contribution in [3.05, 3.63) is 39.4 Å². The molecule has 0 aromatic heterocycles. The maximum atomic E-state index is 11.2. The first-order chi connectivity index (χ1) is 9.32.